The maximum atomic E-state index is 13.6. The number of halogens is 2. The van der Waals surface area contributed by atoms with Gasteiger partial charge in [0.1, 0.15) is 28.8 Å². The Labute approximate surface area is 155 Å². The molecular weight excluding hydrogens is 360 g/mol. The number of anilines is 1. The van der Waals surface area contributed by atoms with E-state index in [4.69, 9.17) is 14.2 Å². The maximum Gasteiger partial charge on any atom is 0.347 e. The maximum absolute atomic E-state index is 13.6. The van der Waals surface area contributed by atoms with Gasteiger partial charge in [0, 0.05) is 0 Å². The van der Waals surface area contributed by atoms with Crippen LogP contribution < -0.4 is 14.8 Å². The van der Waals surface area contributed by atoms with Gasteiger partial charge in [0.05, 0.1) is 7.11 Å². The number of ether oxygens (including phenoxy) is 3. The second-order valence-electron chi connectivity index (χ2n) is 5.60. The Kier molecular flexibility index (Phi) is 6.70. The molecule has 0 aliphatic carbocycles. The number of esters is 1. The average Bonchev–Trinajstić information content (AvgIpc) is 2.65. The Morgan fingerprint density at radius 2 is 1.48 bits per heavy atom. The summed E-state index contributed by atoms with van der Waals surface area (Å²) in [4.78, 5) is 24.1. The van der Waals surface area contributed by atoms with Crippen LogP contribution in [0.25, 0.3) is 0 Å². The first kappa shape index (κ1) is 20.2. The quantitative estimate of drug-likeness (QED) is 0.747. The molecular formula is C19H19F2NO5. The van der Waals surface area contributed by atoms with Gasteiger partial charge in [-0.1, -0.05) is 6.07 Å². The predicted molar refractivity (Wildman–Crippen MR) is 93.6 cm³/mol. The smallest absolute Gasteiger partial charge is 0.347 e. The Hall–Kier alpha value is -3.16. The van der Waals surface area contributed by atoms with Gasteiger partial charge in [0.25, 0.3) is 5.91 Å². The molecule has 1 N–H and O–H groups in total. The average molecular weight is 379 g/mol. The molecule has 2 aromatic carbocycles. The molecule has 0 saturated carbocycles. The van der Waals surface area contributed by atoms with Crippen molar-refractivity contribution in [2.45, 2.75) is 26.1 Å². The molecule has 144 valence electrons. The van der Waals surface area contributed by atoms with Gasteiger partial charge in [0.15, 0.2) is 12.2 Å². The first-order chi connectivity index (χ1) is 12.8. The zero-order valence-corrected chi connectivity index (χ0v) is 15.0. The number of methoxy groups -OCH3 is 1. The molecule has 0 spiro atoms. The minimum atomic E-state index is -1.28. The van der Waals surface area contributed by atoms with Gasteiger partial charge in [-0.3, -0.25) is 4.79 Å². The van der Waals surface area contributed by atoms with E-state index in [2.05, 4.69) is 5.32 Å². The van der Waals surface area contributed by atoms with E-state index in [1.807, 2.05) is 0 Å². The van der Waals surface area contributed by atoms with E-state index in [0.717, 1.165) is 12.1 Å². The van der Waals surface area contributed by atoms with Crippen LogP contribution in [0.5, 0.6) is 11.5 Å². The second kappa shape index (κ2) is 8.98. The fourth-order valence-electron chi connectivity index (χ4n) is 2.07. The number of para-hydroxylation sites is 1. The fourth-order valence-corrected chi connectivity index (χ4v) is 2.07. The summed E-state index contributed by atoms with van der Waals surface area (Å²) in [5, 5.41) is 2.06. The monoisotopic (exact) mass is 379 g/mol. The van der Waals surface area contributed by atoms with Crippen LogP contribution in [0.2, 0.25) is 0 Å². The summed E-state index contributed by atoms with van der Waals surface area (Å²) in [5.74, 6) is -2.50. The second-order valence-corrected chi connectivity index (χ2v) is 5.60. The van der Waals surface area contributed by atoms with Gasteiger partial charge in [0.2, 0.25) is 0 Å². The van der Waals surface area contributed by atoms with Gasteiger partial charge in [-0.25, -0.2) is 13.6 Å². The van der Waals surface area contributed by atoms with Gasteiger partial charge in [-0.15, -0.1) is 0 Å². The van der Waals surface area contributed by atoms with E-state index < -0.39 is 41.4 Å². The van der Waals surface area contributed by atoms with Crippen molar-refractivity contribution in [2.24, 2.45) is 0 Å². The third kappa shape index (κ3) is 5.40. The molecule has 0 fully saturated rings. The van der Waals surface area contributed by atoms with Crippen LogP contribution >= 0.6 is 0 Å². The van der Waals surface area contributed by atoms with Crippen LogP contribution in [0.4, 0.5) is 14.5 Å². The molecule has 0 saturated heterocycles. The van der Waals surface area contributed by atoms with E-state index in [0.29, 0.717) is 11.5 Å². The van der Waals surface area contributed by atoms with E-state index >= 15 is 0 Å². The number of nitrogens with one attached hydrogen (secondary N) is 1. The topological polar surface area (TPSA) is 73.9 Å². The van der Waals surface area contributed by atoms with Crippen molar-refractivity contribution < 1.29 is 32.6 Å². The molecule has 1 amide bonds. The van der Waals surface area contributed by atoms with Crippen molar-refractivity contribution in [2.75, 3.05) is 12.4 Å². The van der Waals surface area contributed by atoms with Crippen LogP contribution in [0.1, 0.15) is 13.8 Å². The Morgan fingerprint density at radius 3 is 2.04 bits per heavy atom. The Morgan fingerprint density at radius 1 is 0.926 bits per heavy atom. The summed E-state index contributed by atoms with van der Waals surface area (Å²) in [6.07, 6.45) is -2.28. The molecule has 2 unspecified atom stereocenters. The van der Waals surface area contributed by atoms with Crippen molar-refractivity contribution in [3.63, 3.8) is 0 Å². The van der Waals surface area contributed by atoms with Crippen molar-refractivity contribution >= 4 is 17.6 Å². The summed E-state index contributed by atoms with van der Waals surface area (Å²) in [6, 6.07) is 9.71. The van der Waals surface area contributed by atoms with Gasteiger partial charge < -0.3 is 19.5 Å². The number of benzene rings is 2. The zero-order chi connectivity index (χ0) is 20.0. The van der Waals surface area contributed by atoms with Crippen molar-refractivity contribution in [3.8, 4) is 11.5 Å². The molecule has 0 bridgehead atoms. The normalized spacial score (nSPS) is 12.6. The lowest BCUT2D eigenvalue weighted by Crippen LogP contribution is -2.35. The lowest BCUT2D eigenvalue weighted by Gasteiger charge is -2.18. The highest BCUT2D eigenvalue weighted by atomic mass is 19.1. The minimum absolute atomic E-state index is 0.408. The highest BCUT2D eigenvalue weighted by Gasteiger charge is 2.24. The molecule has 27 heavy (non-hydrogen) atoms. The van der Waals surface area contributed by atoms with Gasteiger partial charge in [-0.05, 0) is 50.2 Å². The molecule has 0 radical (unpaired) electrons. The minimum Gasteiger partial charge on any atom is -0.497 e. The van der Waals surface area contributed by atoms with Crippen molar-refractivity contribution in [3.05, 3.63) is 54.1 Å². The zero-order valence-electron chi connectivity index (χ0n) is 15.0. The van der Waals surface area contributed by atoms with E-state index in [1.165, 1.54) is 27.0 Å². The SMILES string of the molecule is COc1ccc(OC(C)C(=O)OC(C)C(=O)Nc2c(F)cccc2F)cc1. The predicted octanol–water partition coefficient (Wildman–Crippen LogP) is 3.31. The molecule has 2 atom stereocenters. The lowest BCUT2D eigenvalue weighted by atomic mass is 10.2. The molecule has 0 heterocycles. The van der Waals surface area contributed by atoms with Gasteiger partial charge >= 0.3 is 5.97 Å². The van der Waals surface area contributed by atoms with Crippen LogP contribution in [0, 0.1) is 11.6 Å². The van der Waals surface area contributed by atoms with Gasteiger partial charge in [-0.2, -0.15) is 0 Å². The molecule has 0 aliphatic rings. The Bertz CT molecular complexity index is 790. The fraction of sp³-hybridized carbons (Fsp3) is 0.263. The first-order valence-electron chi connectivity index (χ1n) is 8.08. The number of hydrogen-bond donors (Lipinski definition) is 1. The molecule has 8 heteroatoms. The van der Waals surface area contributed by atoms with E-state index in [-0.39, 0.29) is 0 Å². The van der Waals surface area contributed by atoms with Crippen LogP contribution in [0.3, 0.4) is 0 Å². The molecule has 2 aromatic rings. The largest absolute Gasteiger partial charge is 0.497 e. The van der Waals surface area contributed by atoms with Crippen molar-refractivity contribution in [1.29, 1.82) is 0 Å². The summed E-state index contributed by atoms with van der Waals surface area (Å²) in [6.45, 7) is 2.74. The van der Waals surface area contributed by atoms with Crippen LogP contribution in [-0.4, -0.2) is 31.2 Å². The standard InChI is InChI=1S/C19H19F2NO5/c1-11(18(23)22-17-15(20)5-4-6-16(17)21)27-19(24)12(2)26-14-9-7-13(25-3)8-10-14/h4-12H,1-3H3,(H,22,23). The number of carbonyl (C=O) groups is 2. The van der Waals surface area contributed by atoms with Crippen molar-refractivity contribution in [1.82, 2.24) is 0 Å². The van der Waals surface area contributed by atoms with E-state index in [1.54, 1.807) is 24.3 Å². The number of carbonyl (C=O) groups excluding carboxylic acids is 2. The highest BCUT2D eigenvalue weighted by molar-refractivity contribution is 5.95. The number of hydrogen-bond acceptors (Lipinski definition) is 5. The molecule has 6 nitrogen and oxygen atoms in total. The van der Waals surface area contributed by atoms with Crippen LogP contribution in [-0.2, 0) is 14.3 Å². The molecule has 2 rings (SSSR count). The Balaban J connectivity index is 1.92. The molecule has 0 aromatic heterocycles. The third-order valence-electron chi connectivity index (χ3n) is 3.58. The third-order valence-corrected chi connectivity index (χ3v) is 3.58. The van der Waals surface area contributed by atoms with E-state index in [9.17, 15) is 18.4 Å². The summed E-state index contributed by atoms with van der Waals surface area (Å²) in [5.41, 5.74) is -0.604. The number of amides is 1. The summed E-state index contributed by atoms with van der Waals surface area (Å²) in [7, 11) is 1.52. The first-order valence-corrected chi connectivity index (χ1v) is 8.08. The molecule has 0 aliphatic heterocycles. The lowest BCUT2D eigenvalue weighted by molar-refractivity contribution is -0.159. The number of rotatable bonds is 7. The summed E-state index contributed by atoms with van der Waals surface area (Å²) >= 11 is 0. The highest BCUT2D eigenvalue weighted by Crippen LogP contribution is 2.20. The summed E-state index contributed by atoms with van der Waals surface area (Å²) < 4.78 is 42.6. The van der Waals surface area contributed by atoms with Crippen LogP contribution in [0.15, 0.2) is 42.5 Å².